The van der Waals surface area contributed by atoms with Crippen molar-refractivity contribution >= 4 is 11.4 Å². The van der Waals surface area contributed by atoms with E-state index in [4.69, 9.17) is 0 Å². The number of nitrogens with one attached hydrogen (secondary N) is 1. The van der Waals surface area contributed by atoms with Gasteiger partial charge in [0, 0.05) is 31.7 Å². The zero-order valence-electron chi connectivity index (χ0n) is 9.52. The molecule has 17 heavy (non-hydrogen) atoms. The van der Waals surface area contributed by atoms with E-state index in [0.29, 0.717) is 18.8 Å². The molecule has 1 fully saturated rings. The lowest BCUT2D eigenvalue weighted by Gasteiger charge is -2.33. The Morgan fingerprint density at radius 1 is 1.59 bits per heavy atom. The van der Waals surface area contributed by atoms with Gasteiger partial charge in [0.1, 0.15) is 0 Å². The van der Waals surface area contributed by atoms with E-state index in [-0.39, 0.29) is 6.04 Å². The Labute approximate surface area is 98.4 Å². The van der Waals surface area contributed by atoms with Crippen molar-refractivity contribution in [2.75, 3.05) is 24.5 Å². The van der Waals surface area contributed by atoms with Crippen LogP contribution in [0.5, 0.6) is 0 Å². The highest BCUT2D eigenvalue weighted by molar-refractivity contribution is 5.55. The van der Waals surface area contributed by atoms with E-state index in [1.54, 1.807) is 6.07 Å². The molecule has 0 aromatic heterocycles. The quantitative estimate of drug-likeness (QED) is 0.628. The third-order valence-electron chi connectivity index (χ3n) is 2.86. The van der Waals surface area contributed by atoms with Gasteiger partial charge in [0.05, 0.1) is 10.6 Å². The average molecular weight is 239 g/mol. The van der Waals surface area contributed by atoms with Gasteiger partial charge < -0.3 is 10.2 Å². The van der Waals surface area contributed by atoms with Crippen molar-refractivity contribution in [3.63, 3.8) is 0 Å². The number of nitro benzene ring substituents is 1. The Balaban J connectivity index is 2.32. The molecular formula is C11H14FN3O2. The minimum Gasteiger partial charge on any atom is -0.366 e. The zero-order valence-corrected chi connectivity index (χ0v) is 9.52. The van der Waals surface area contributed by atoms with Crippen LogP contribution in [0.2, 0.25) is 0 Å². The largest absolute Gasteiger partial charge is 0.366 e. The third-order valence-corrected chi connectivity index (χ3v) is 2.86. The Hall–Kier alpha value is -1.69. The number of piperazine rings is 1. The maximum Gasteiger partial charge on any atom is 0.306 e. The van der Waals surface area contributed by atoms with Crippen LogP contribution in [0.1, 0.15) is 6.92 Å². The minimum absolute atomic E-state index is 0.252. The van der Waals surface area contributed by atoms with Crippen LogP contribution in [-0.2, 0) is 0 Å². The number of hydrogen-bond acceptors (Lipinski definition) is 4. The monoisotopic (exact) mass is 239 g/mol. The summed E-state index contributed by atoms with van der Waals surface area (Å²) in [6.45, 7) is 4.06. The van der Waals surface area contributed by atoms with Gasteiger partial charge in [-0.05, 0) is 13.0 Å². The first-order valence-electron chi connectivity index (χ1n) is 5.51. The zero-order chi connectivity index (χ0) is 12.4. The van der Waals surface area contributed by atoms with E-state index in [9.17, 15) is 14.5 Å². The molecule has 1 saturated heterocycles. The molecule has 5 nitrogen and oxygen atoms in total. The molecule has 1 atom stereocenters. The van der Waals surface area contributed by atoms with E-state index in [2.05, 4.69) is 5.32 Å². The van der Waals surface area contributed by atoms with Crippen LogP contribution in [0.15, 0.2) is 18.2 Å². The Kier molecular flexibility index (Phi) is 3.23. The summed E-state index contributed by atoms with van der Waals surface area (Å²) in [6, 6.07) is 4.54. The van der Waals surface area contributed by atoms with Gasteiger partial charge in [-0.2, -0.15) is 4.39 Å². The maximum absolute atomic E-state index is 13.9. The van der Waals surface area contributed by atoms with Crippen LogP contribution in [0, 0.1) is 15.9 Å². The van der Waals surface area contributed by atoms with E-state index in [0.717, 1.165) is 6.54 Å². The molecule has 0 spiro atoms. The van der Waals surface area contributed by atoms with E-state index < -0.39 is 16.4 Å². The fraction of sp³-hybridized carbons (Fsp3) is 0.455. The molecule has 0 unspecified atom stereocenters. The molecule has 0 aliphatic carbocycles. The van der Waals surface area contributed by atoms with Crippen molar-refractivity contribution in [2.45, 2.75) is 13.0 Å². The van der Waals surface area contributed by atoms with Gasteiger partial charge in [-0.25, -0.2) is 0 Å². The summed E-state index contributed by atoms with van der Waals surface area (Å²) < 4.78 is 13.9. The number of nitro groups is 1. The lowest BCUT2D eigenvalue weighted by atomic mass is 10.2. The SMILES string of the molecule is C[C@H]1CN(c2cccc([N+](=O)[O-])c2F)CCN1. The number of benzene rings is 1. The van der Waals surface area contributed by atoms with Crippen LogP contribution in [0.25, 0.3) is 0 Å². The van der Waals surface area contributed by atoms with E-state index >= 15 is 0 Å². The molecule has 0 bridgehead atoms. The summed E-state index contributed by atoms with van der Waals surface area (Å²) in [6.07, 6.45) is 0. The Morgan fingerprint density at radius 3 is 3.00 bits per heavy atom. The van der Waals surface area contributed by atoms with Gasteiger partial charge in [-0.15, -0.1) is 0 Å². The van der Waals surface area contributed by atoms with Crippen molar-refractivity contribution in [3.8, 4) is 0 Å². The van der Waals surface area contributed by atoms with Gasteiger partial charge in [-0.1, -0.05) is 6.07 Å². The molecule has 1 aromatic rings. The molecule has 92 valence electrons. The summed E-state index contributed by atoms with van der Waals surface area (Å²) in [5, 5.41) is 13.9. The standard InChI is InChI=1S/C11H14FN3O2/c1-8-7-14(6-5-13-8)9-3-2-4-10(11(9)12)15(16)17/h2-4,8,13H,5-7H2,1H3/t8-/m0/s1. The van der Waals surface area contributed by atoms with Crippen molar-refractivity contribution in [1.29, 1.82) is 0 Å². The van der Waals surface area contributed by atoms with Crippen LogP contribution in [0.3, 0.4) is 0 Å². The summed E-state index contributed by atoms with van der Waals surface area (Å²) in [5.74, 6) is -0.744. The van der Waals surface area contributed by atoms with Crippen LogP contribution in [-0.4, -0.2) is 30.6 Å². The minimum atomic E-state index is -0.744. The first kappa shape index (κ1) is 11.8. The molecule has 0 saturated carbocycles. The number of anilines is 1. The highest BCUT2D eigenvalue weighted by Gasteiger charge is 2.23. The molecule has 2 rings (SSSR count). The molecule has 1 N–H and O–H groups in total. The second-order valence-corrected chi connectivity index (χ2v) is 4.17. The van der Waals surface area contributed by atoms with Gasteiger partial charge in [0.25, 0.3) is 0 Å². The predicted octanol–water partition coefficient (Wildman–Crippen LogP) is 1.53. The lowest BCUT2D eigenvalue weighted by Crippen LogP contribution is -2.49. The van der Waals surface area contributed by atoms with Gasteiger partial charge >= 0.3 is 5.69 Å². The van der Waals surface area contributed by atoms with E-state index in [1.807, 2.05) is 11.8 Å². The topological polar surface area (TPSA) is 58.4 Å². The van der Waals surface area contributed by atoms with Gasteiger partial charge in [0.2, 0.25) is 5.82 Å². The van der Waals surface area contributed by atoms with Crippen molar-refractivity contribution in [3.05, 3.63) is 34.1 Å². The first-order valence-corrected chi connectivity index (χ1v) is 5.51. The number of nitrogens with zero attached hydrogens (tertiary/aromatic N) is 2. The van der Waals surface area contributed by atoms with Crippen molar-refractivity contribution < 1.29 is 9.31 Å². The number of halogens is 1. The highest BCUT2D eigenvalue weighted by Crippen LogP contribution is 2.27. The van der Waals surface area contributed by atoms with Gasteiger partial charge in [-0.3, -0.25) is 10.1 Å². The molecule has 1 heterocycles. The fourth-order valence-electron chi connectivity index (χ4n) is 2.04. The van der Waals surface area contributed by atoms with Crippen LogP contribution >= 0.6 is 0 Å². The summed E-state index contributed by atoms with van der Waals surface area (Å²) >= 11 is 0. The molecule has 0 radical (unpaired) electrons. The second-order valence-electron chi connectivity index (χ2n) is 4.17. The normalized spacial score (nSPS) is 20.4. The second kappa shape index (κ2) is 4.67. The molecule has 1 aromatic carbocycles. The Morgan fingerprint density at radius 2 is 2.35 bits per heavy atom. The molecule has 1 aliphatic rings. The van der Waals surface area contributed by atoms with Crippen molar-refractivity contribution in [1.82, 2.24) is 5.32 Å². The third kappa shape index (κ3) is 2.36. The van der Waals surface area contributed by atoms with Gasteiger partial charge in [0.15, 0.2) is 0 Å². The Bertz CT molecular complexity index is 439. The summed E-state index contributed by atoms with van der Waals surface area (Å²) in [7, 11) is 0. The predicted molar refractivity (Wildman–Crippen MR) is 62.7 cm³/mol. The molecule has 6 heteroatoms. The molecule has 0 amide bonds. The van der Waals surface area contributed by atoms with Crippen molar-refractivity contribution in [2.24, 2.45) is 0 Å². The van der Waals surface area contributed by atoms with Crippen LogP contribution < -0.4 is 10.2 Å². The average Bonchev–Trinajstić information content (AvgIpc) is 2.29. The lowest BCUT2D eigenvalue weighted by molar-refractivity contribution is -0.387. The molecular weight excluding hydrogens is 225 g/mol. The number of rotatable bonds is 2. The van der Waals surface area contributed by atoms with Crippen LogP contribution in [0.4, 0.5) is 15.8 Å². The highest BCUT2D eigenvalue weighted by atomic mass is 19.1. The van der Waals surface area contributed by atoms with E-state index in [1.165, 1.54) is 12.1 Å². The number of hydrogen-bond donors (Lipinski definition) is 1. The fourth-order valence-corrected chi connectivity index (χ4v) is 2.04. The molecule has 1 aliphatic heterocycles. The summed E-state index contributed by atoms with van der Waals surface area (Å²) in [5.41, 5.74) is -0.152. The smallest absolute Gasteiger partial charge is 0.306 e. The first-order chi connectivity index (χ1) is 8.09. The summed E-state index contributed by atoms with van der Waals surface area (Å²) in [4.78, 5) is 11.8. The maximum atomic E-state index is 13.9.